The molecule has 152 valence electrons. The Morgan fingerprint density at radius 2 is 1.56 bits per heavy atom. The van der Waals surface area contributed by atoms with Gasteiger partial charge in [-0.1, -0.05) is 0 Å². The number of rotatable bonds is 7. The van der Waals surface area contributed by atoms with Crippen LogP contribution >= 0.6 is 25.3 Å². The molecule has 11 heteroatoms. The highest BCUT2D eigenvalue weighted by Gasteiger charge is 2.40. The maximum atomic E-state index is 12.7. The summed E-state index contributed by atoms with van der Waals surface area (Å²) in [5.41, 5.74) is 5.73. The lowest BCUT2D eigenvalue weighted by molar-refractivity contribution is -0.149. The van der Waals surface area contributed by atoms with Gasteiger partial charge >= 0.3 is 5.97 Å². The fourth-order valence-electron chi connectivity index (χ4n) is 3.53. The van der Waals surface area contributed by atoms with Crippen molar-refractivity contribution < 1.29 is 24.3 Å². The van der Waals surface area contributed by atoms with Gasteiger partial charge in [-0.15, -0.1) is 0 Å². The molecule has 3 amide bonds. The van der Waals surface area contributed by atoms with Crippen LogP contribution in [0.15, 0.2) is 0 Å². The third-order valence-electron chi connectivity index (χ3n) is 4.97. The van der Waals surface area contributed by atoms with Gasteiger partial charge in [0.1, 0.15) is 18.1 Å². The first-order valence-corrected chi connectivity index (χ1v) is 10.2. The molecule has 2 aliphatic rings. The highest BCUT2D eigenvalue weighted by Crippen LogP contribution is 2.21. The largest absolute Gasteiger partial charge is 0.480 e. The number of carboxylic acids is 1. The molecule has 4 atom stereocenters. The SMILES string of the molecule is NC(CS)C(=O)N1CCCC1C(=O)NC(CS)C(=O)N1CCCC1C(=O)O. The van der Waals surface area contributed by atoms with Gasteiger partial charge < -0.3 is 26.0 Å². The molecule has 4 N–H and O–H groups in total. The van der Waals surface area contributed by atoms with Crippen molar-refractivity contribution in [1.29, 1.82) is 0 Å². The van der Waals surface area contributed by atoms with Gasteiger partial charge in [-0.25, -0.2) is 4.79 Å². The number of nitrogens with zero attached hydrogens (tertiary/aromatic N) is 2. The summed E-state index contributed by atoms with van der Waals surface area (Å²) in [6, 6.07) is -3.32. The summed E-state index contributed by atoms with van der Waals surface area (Å²) in [7, 11) is 0. The Morgan fingerprint density at radius 3 is 2.07 bits per heavy atom. The molecule has 0 aromatic rings. The minimum absolute atomic E-state index is 0.0320. The fourth-order valence-corrected chi connectivity index (χ4v) is 3.94. The minimum Gasteiger partial charge on any atom is -0.480 e. The number of likely N-dealkylation sites (tertiary alicyclic amines) is 2. The number of aliphatic carboxylic acids is 1. The summed E-state index contributed by atoms with van der Waals surface area (Å²) in [4.78, 5) is 51.7. The molecule has 0 aliphatic carbocycles. The second-order valence-electron chi connectivity index (χ2n) is 6.75. The maximum Gasteiger partial charge on any atom is 0.326 e. The van der Waals surface area contributed by atoms with Gasteiger partial charge in [-0.05, 0) is 25.7 Å². The molecule has 2 heterocycles. The van der Waals surface area contributed by atoms with E-state index in [-0.39, 0.29) is 17.4 Å². The van der Waals surface area contributed by atoms with Crippen molar-refractivity contribution >= 4 is 48.9 Å². The molecule has 0 radical (unpaired) electrons. The number of nitrogens with two attached hydrogens (primary N) is 1. The number of thiol groups is 2. The monoisotopic (exact) mass is 418 g/mol. The van der Waals surface area contributed by atoms with Crippen LogP contribution in [0.2, 0.25) is 0 Å². The van der Waals surface area contributed by atoms with Crippen molar-refractivity contribution in [1.82, 2.24) is 15.1 Å². The molecule has 2 rings (SSSR count). The second kappa shape index (κ2) is 9.65. The lowest BCUT2D eigenvalue weighted by Gasteiger charge is -2.30. The second-order valence-corrected chi connectivity index (χ2v) is 7.48. The van der Waals surface area contributed by atoms with E-state index in [2.05, 4.69) is 30.6 Å². The topological polar surface area (TPSA) is 133 Å². The molecule has 2 aliphatic heterocycles. The van der Waals surface area contributed by atoms with Gasteiger partial charge in [0.05, 0.1) is 6.04 Å². The molecule has 4 unspecified atom stereocenters. The molecule has 2 saturated heterocycles. The van der Waals surface area contributed by atoms with Gasteiger partial charge in [-0.3, -0.25) is 14.4 Å². The first-order chi connectivity index (χ1) is 12.8. The zero-order valence-electron chi connectivity index (χ0n) is 14.9. The Balaban J connectivity index is 2.04. The Hall–Kier alpha value is -1.46. The first kappa shape index (κ1) is 21.8. The quantitative estimate of drug-likeness (QED) is 0.327. The van der Waals surface area contributed by atoms with E-state index in [9.17, 15) is 24.3 Å². The van der Waals surface area contributed by atoms with Gasteiger partial charge in [0.2, 0.25) is 17.7 Å². The zero-order chi connectivity index (χ0) is 20.1. The predicted molar refractivity (Wildman–Crippen MR) is 105 cm³/mol. The Labute approximate surface area is 168 Å². The van der Waals surface area contributed by atoms with E-state index in [1.807, 2.05) is 0 Å². The van der Waals surface area contributed by atoms with Gasteiger partial charge in [0.25, 0.3) is 0 Å². The third-order valence-corrected chi connectivity index (χ3v) is 5.73. The number of carbonyl (C=O) groups excluding carboxylic acids is 3. The molecule has 9 nitrogen and oxygen atoms in total. The highest BCUT2D eigenvalue weighted by molar-refractivity contribution is 7.80. The summed E-state index contributed by atoms with van der Waals surface area (Å²) in [6.45, 7) is 0.756. The summed E-state index contributed by atoms with van der Waals surface area (Å²) >= 11 is 8.16. The summed E-state index contributed by atoms with van der Waals surface area (Å²) in [6.07, 6.45) is 2.13. The highest BCUT2D eigenvalue weighted by atomic mass is 32.1. The van der Waals surface area contributed by atoms with E-state index in [1.165, 1.54) is 9.80 Å². The van der Waals surface area contributed by atoms with Crippen molar-refractivity contribution in [3.8, 4) is 0 Å². The minimum atomic E-state index is -1.06. The van der Waals surface area contributed by atoms with E-state index in [0.29, 0.717) is 38.8 Å². The standard InChI is InChI=1S/C16H26N4O5S2/c17-9(7-26)14(22)19-5-1-3-11(19)13(21)18-10(8-27)15(23)20-6-2-4-12(20)16(24)25/h9-12,26-27H,1-8,17H2,(H,18,21)(H,24,25). The first-order valence-electron chi connectivity index (χ1n) is 8.93. The summed E-state index contributed by atoms with van der Waals surface area (Å²) in [5, 5.41) is 11.9. The smallest absolute Gasteiger partial charge is 0.326 e. The lowest BCUT2D eigenvalue weighted by atomic mass is 10.1. The van der Waals surface area contributed by atoms with Crippen molar-refractivity contribution in [2.75, 3.05) is 24.6 Å². The van der Waals surface area contributed by atoms with E-state index in [0.717, 1.165) is 0 Å². The summed E-state index contributed by atoms with van der Waals surface area (Å²) in [5.74, 6) is -2.12. The normalized spacial score (nSPS) is 24.6. The average molecular weight is 419 g/mol. The average Bonchev–Trinajstić information content (AvgIpc) is 3.33. The van der Waals surface area contributed by atoms with Gasteiger partial charge in [0.15, 0.2) is 0 Å². The Morgan fingerprint density at radius 1 is 1.00 bits per heavy atom. The number of hydrogen-bond acceptors (Lipinski definition) is 7. The van der Waals surface area contributed by atoms with Crippen molar-refractivity contribution in [3.63, 3.8) is 0 Å². The number of carboxylic acid groups (broad SMARTS) is 1. The predicted octanol–water partition coefficient (Wildman–Crippen LogP) is -1.28. The lowest BCUT2D eigenvalue weighted by Crippen LogP contribution is -2.57. The number of hydrogen-bond donors (Lipinski definition) is 5. The Kier molecular flexibility index (Phi) is 7.80. The van der Waals surface area contributed by atoms with Crippen LogP contribution < -0.4 is 11.1 Å². The van der Waals surface area contributed by atoms with Crippen molar-refractivity contribution in [3.05, 3.63) is 0 Å². The molecule has 2 fully saturated rings. The van der Waals surface area contributed by atoms with E-state index >= 15 is 0 Å². The van der Waals surface area contributed by atoms with Gasteiger partial charge in [0, 0.05) is 24.6 Å². The molecule has 27 heavy (non-hydrogen) atoms. The van der Waals surface area contributed by atoms with Crippen molar-refractivity contribution in [2.24, 2.45) is 5.73 Å². The van der Waals surface area contributed by atoms with Crippen LogP contribution in [0.4, 0.5) is 0 Å². The van der Waals surface area contributed by atoms with Crippen LogP contribution in [0, 0.1) is 0 Å². The van der Waals surface area contributed by atoms with Crippen LogP contribution in [0.1, 0.15) is 25.7 Å². The number of nitrogens with one attached hydrogen (secondary N) is 1. The Bertz CT molecular complexity index is 605. The fraction of sp³-hybridized carbons (Fsp3) is 0.750. The van der Waals surface area contributed by atoms with Crippen LogP contribution in [0.25, 0.3) is 0 Å². The molecule has 0 bridgehead atoms. The zero-order valence-corrected chi connectivity index (χ0v) is 16.7. The molecule has 0 aromatic heterocycles. The van der Waals surface area contributed by atoms with E-state index in [1.54, 1.807) is 0 Å². The van der Waals surface area contributed by atoms with E-state index < -0.39 is 42.0 Å². The van der Waals surface area contributed by atoms with Crippen LogP contribution in [0.5, 0.6) is 0 Å². The molecular weight excluding hydrogens is 392 g/mol. The van der Waals surface area contributed by atoms with Crippen molar-refractivity contribution in [2.45, 2.75) is 49.9 Å². The van der Waals surface area contributed by atoms with E-state index in [4.69, 9.17) is 5.73 Å². The molecule has 0 spiro atoms. The number of amides is 3. The maximum absolute atomic E-state index is 12.7. The molecular formula is C16H26N4O5S2. The van der Waals surface area contributed by atoms with Crippen LogP contribution in [0.3, 0.4) is 0 Å². The van der Waals surface area contributed by atoms with Crippen LogP contribution in [-0.4, -0.2) is 87.4 Å². The van der Waals surface area contributed by atoms with Gasteiger partial charge in [-0.2, -0.15) is 25.3 Å². The number of carbonyl (C=O) groups is 4. The summed E-state index contributed by atoms with van der Waals surface area (Å²) < 4.78 is 0. The van der Waals surface area contributed by atoms with Crippen LogP contribution in [-0.2, 0) is 19.2 Å². The molecule has 0 aromatic carbocycles. The third kappa shape index (κ3) is 4.88. The molecule has 0 saturated carbocycles.